The maximum atomic E-state index is 14.1. The van der Waals surface area contributed by atoms with E-state index < -0.39 is 42.3 Å². The molecule has 2 fully saturated rings. The Hall–Kier alpha value is -5.55. The van der Waals surface area contributed by atoms with Gasteiger partial charge in [-0.3, -0.25) is 28.8 Å². The Bertz CT molecular complexity index is 1890. The van der Waals surface area contributed by atoms with Crippen LogP contribution in [0.1, 0.15) is 125 Å². The van der Waals surface area contributed by atoms with Gasteiger partial charge in [0.15, 0.2) is 0 Å². The van der Waals surface area contributed by atoms with Gasteiger partial charge in [0.25, 0.3) is 0 Å². The highest BCUT2D eigenvalue weighted by Crippen LogP contribution is 2.32. The van der Waals surface area contributed by atoms with Gasteiger partial charge in [-0.25, -0.2) is 4.79 Å². The second-order valence-corrected chi connectivity index (χ2v) is 18.3. The molecular formula is C49H72N10O7. The summed E-state index contributed by atoms with van der Waals surface area (Å²) < 4.78 is 0. The molecule has 66 heavy (non-hydrogen) atoms. The topological polar surface area (TPSA) is 222 Å². The van der Waals surface area contributed by atoms with E-state index >= 15 is 0 Å². The highest BCUT2D eigenvalue weighted by atomic mass is 16.2. The van der Waals surface area contributed by atoms with Crippen molar-refractivity contribution in [1.82, 2.24) is 52.3 Å². The van der Waals surface area contributed by atoms with E-state index in [1.165, 1.54) is 11.1 Å². The Kier molecular flexibility index (Phi) is 18.4. The molecule has 0 saturated carbocycles. The fraction of sp³-hybridized carbons (Fsp3) is 0.612. The number of hydrogen-bond acceptors (Lipinski definition) is 9. The second kappa shape index (κ2) is 24.3. The van der Waals surface area contributed by atoms with Crippen LogP contribution in [-0.2, 0) is 41.6 Å². The number of likely N-dealkylation sites (N-methyl/N-ethyl adjacent to an activating group) is 2. The molecule has 17 heteroatoms. The minimum absolute atomic E-state index is 0.117. The van der Waals surface area contributed by atoms with Crippen molar-refractivity contribution in [3.05, 3.63) is 70.8 Å². The first-order chi connectivity index (χ1) is 31.9. The number of likely N-dealkylation sites (tertiary alicyclic amines) is 2. The average Bonchev–Trinajstić information content (AvgIpc) is 4.04. The largest absolute Gasteiger partial charge is 0.347 e. The molecule has 4 aliphatic rings. The van der Waals surface area contributed by atoms with Crippen molar-refractivity contribution in [3.8, 4) is 0 Å². The summed E-state index contributed by atoms with van der Waals surface area (Å²) in [6, 6.07) is 11.4. The number of benzene rings is 2. The first-order valence-corrected chi connectivity index (χ1v) is 24.2. The smallest absolute Gasteiger partial charge is 0.314 e. The number of nitrogens with one attached hydrogen (secondary N) is 8. The van der Waals surface area contributed by atoms with Gasteiger partial charge in [0.1, 0.15) is 24.2 Å². The van der Waals surface area contributed by atoms with Crippen molar-refractivity contribution in [1.29, 1.82) is 0 Å². The molecule has 2 aliphatic heterocycles. The summed E-state index contributed by atoms with van der Waals surface area (Å²) in [6.07, 6.45) is 9.15. The Morgan fingerprint density at radius 2 is 0.985 bits per heavy atom. The average molecular weight is 913 g/mol. The number of rotatable bonds is 20. The van der Waals surface area contributed by atoms with Gasteiger partial charge in [0.2, 0.25) is 35.4 Å². The molecule has 8 atom stereocenters. The predicted octanol–water partition coefficient (Wildman–Crippen LogP) is 2.40. The monoisotopic (exact) mass is 913 g/mol. The van der Waals surface area contributed by atoms with Crippen LogP contribution in [0.4, 0.5) is 4.79 Å². The number of urea groups is 1. The summed E-state index contributed by atoms with van der Waals surface area (Å²) in [5, 5.41) is 23.6. The first kappa shape index (κ1) is 49.9. The van der Waals surface area contributed by atoms with Crippen LogP contribution in [-0.4, -0.2) is 128 Å². The van der Waals surface area contributed by atoms with Crippen LogP contribution in [0.15, 0.2) is 48.5 Å². The fourth-order valence-electron chi connectivity index (χ4n) is 9.80. The molecule has 0 bridgehead atoms. The van der Waals surface area contributed by atoms with E-state index in [1.54, 1.807) is 37.7 Å². The molecule has 1 unspecified atom stereocenters. The van der Waals surface area contributed by atoms with Crippen LogP contribution in [0.3, 0.4) is 0 Å². The molecule has 17 nitrogen and oxygen atoms in total. The fourth-order valence-corrected chi connectivity index (χ4v) is 9.80. The van der Waals surface area contributed by atoms with Gasteiger partial charge in [-0.15, -0.1) is 0 Å². The van der Waals surface area contributed by atoms with Gasteiger partial charge in [-0.1, -0.05) is 48.5 Å². The number of nitrogens with zero attached hydrogens (tertiary/aromatic N) is 2. The number of fused-ring (bicyclic) bond motifs is 2. The number of amides is 8. The zero-order valence-corrected chi connectivity index (χ0v) is 39.2. The minimum Gasteiger partial charge on any atom is -0.347 e. The van der Waals surface area contributed by atoms with Crippen LogP contribution < -0.4 is 42.5 Å². The van der Waals surface area contributed by atoms with Gasteiger partial charge < -0.3 is 52.3 Å². The molecule has 2 aromatic rings. The summed E-state index contributed by atoms with van der Waals surface area (Å²) in [6.45, 7) is 4.63. The lowest BCUT2D eigenvalue weighted by molar-refractivity contribution is -0.142. The quantitative estimate of drug-likeness (QED) is 0.0914. The molecule has 8 N–H and O–H groups in total. The maximum Gasteiger partial charge on any atom is 0.314 e. The van der Waals surface area contributed by atoms with Gasteiger partial charge in [0.05, 0.1) is 24.2 Å². The van der Waals surface area contributed by atoms with Crippen molar-refractivity contribution >= 4 is 41.5 Å². The van der Waals surface area contributed by atoms with E-state index in [0.29, 0.717) is 51.6 Å². The third kappa shape index (κ3) is 12.9. The van der Waals surface area contributed by atoms with Crippen molar-refractivity contribution < 1.29 is 33.6 Å². The van der Waals surface area contributed by atoms with Crippen LogP contribution in [0.25, 0.3) is 0 Å². The van der Waals surface area contributed by atoms with E-state index in [0.717, 1.165) is 49.7 Å². The highest BCUT2D eigenvalue weighted by molar-refractivity contribution is 5.94. The van der Waals surface area contributed by atoms with Gasteiger partial charge in [0, 0.05) is 26.2 Å². The molecular weight excluding hydrogens is 841 g/mol. The van der Waals surface area contributed by atoms with E-state index in [2.05, 4.69) is 66.8 Å². The van der Waals surface area contributed by atoms with E-state index in [-0.39, 0.29) is 73.5 Å². The minimum atomic E-state index is -0.900. The summed E-state index contributed by atoms with van der Waals surface area (Å²) in [5.41, 5.74) is 4.70. The summed E-state index contributed by atoms with van der Waals surface area (Å²) in [4.78, 5) is 97.9. The standard InChI is InChI=1S/C49H72N10O7/c1-31(50-3)43(60)56-39(47(64)58-29-13-25-41(58)45(62)54-37-21-9-17-33-15-5-7-19-35(33)37)23-11-27-52-49(66)53-28-12-24-40(57-44(61)32(2)51-4)48(65)59-30-14-26-42(59)46(63)55-38-22-10-18-34-16-6-8-20-36(34)38/h5-8,15-16,19-20,31-32,37-42,50-51H,9-14,17-18,21-30H2,1-4H3,(H,54,62)(H,55,63)(H,56,60)(H,57,61)(H2,52,53,66)/t31-,32?,37+,38+,39-,40-,41-,42-/m0/s1. The summed E-state index contributed by atoms with van der Waals surface area (Å²) in [5.74, 6) is -1.72. The molecule has 2 heterocycles. The Morgan fingerprint density at radius 3 is 1.39 bits per heavy atom. The highest BCUT2D eigenvalue weighted by Gasteiger charge is 2.40. The molecule has 2 aromatic carbocycles. The molecule has 0 radical (unpaired) electrons. The summed E-state index contributed by atoms with van der Waals surface area (Å²) >= 11 is 0. The number of carbonyl (C=O) groups excluding carboxylic acids is 7. The summed E-state index contributed by atoms with van der Waals surface area (Å²) in [7, 11) is 3.32. The second-order valence-electron chi connectivity index (χ2n) is 18.3. The van der Waals surface area contributed by atoms with Crippen LogP contribution in [0, 0.1) is 0 Å². The molecule has 6 rings (SSSR count). The van der Waals surface area contributed by atoms with Crippen molar-refractivity contribution in [2.75, 3.05) is 40.3 Å². The van der Waals surface area contributed by atoms with Crippen molar-refractivity contribution in [2.24, 2.45) is 0 Å². The lowest BCUT2D eigenvalue weighted by atomic mass is 9.87. The van der Waals surface area contributed by atoms with Gasteiger partial charge in [-0.2, -0.15) is 0 Å². The van der Waals surface area contributed by atoms with Crippen LogP contribution in [0.5, 0.6) is 0 Å². The molecule has 2 saturated heterocycles. The molecule has 0 spiro atoms. The predicted molar refractivity (Wildman–Crippen MR) is 251 cm³/mol. The number of hydrogen-bond donors (Lipinski definition) is 8. The Balaban J connectivity index is 0.985. The van der Waals surface area contributed by atoms with E-state index in [4.69, 9.17) is 0 Å². The Morgan fingerprint density at radius 1 is 0.576 bits per heavy atom. The van der Waals surface area contributed by atoms with Gasteiger partial charge in [-0.05, 0) is 140 Å². The molecule has 8 amide bonds. The Labute approximate surface area is 389 Å². The lowest BCUT2D eigenvalue weighted by Crippen LogP contribution is -2.56. The number of aryl methyl sites for hydroxylation is 2. The van der Waals surface area contributed by atoms with Crippen LogP contribution >= 0.6 is 0 Å². The molecule has 360 valence electrons. The molecule has 2 aliphatic carbocycles. The van der Waals surface area contributed by atoms with Gasteiger partial charge >= 0.3 is 6.03 Å². The van der Waals surface area contributed by atoms with E-state index in [9.17, 15) is 33.6 Å². The molecule has 0 aromatic heterocycles. The third-order valence-corrected chi connectivity index (χ3v) is 13.8. The number of carbonyl (C=O) groups is 7. The third-order valence-electron chi connectivity index (χ3n) is 13.8. The van der Waals surface area contributed by atoms with Crippen molar-refractivity contribution in [3.63, 3.8) is 0 Å². The van der Waals surface area contributed by atoms with Crippen molar-refractivity contribution in [2.45, 2.75) is 152 Å². The zero-order chi connectivity index (χ0) is 47.2. The van der Waals surface area contributed by atoms with Crippen LogP contribution in [0.2, 0.25) is 0 Å². The lowest BCUT2D eigenvalue weighted by Gasteiger charge is -2.32. The normalized spacial score (nSPS) is 21.8. The maximum absolute atomic E-state index is 14.1. The van der Waals surface area contributed by atoms with E-state index in [1.807, 2.05) is 24.3 Å². The first-order valence-electron chi connectivity index (χ1n) is 24.2. The SMILES string of the molecule is CNC(C)C(=O)N[C@@H](CCCNC(=O)NCCC[C@H](NC(=O)[C@H](C)NC)C(=O)N1CCC[C@H]1C(=O)N[C@@H]1CCCc2ccccc21)C(=O)N1CCC[C@H]1C(=O)N[C@@H]1CCCc2ccccc21. The zero-order valence-electron chi connectivity index (χ0n) is 39.2.